The van der Waals surface area contributed by atoms with Gasteiger partial charge < -0.3 is 0 Å². The van der Waals surface area contributed by atoms with E-state index >= 15 is 0 Å². The molecule has 2 aromatic carbocycles. The van der Waals surface area contributed by atoms with Gasteiger partial charge in [-0.25, -0.2) is 13.2 Å². The number of hydrogen-bond acceptors (Lipinski definition) is 1. The van der Waals surface area contributed by atoms with Crippen LogP contribution in [0.1, 0.15) is 21.5 Å². The molecule has 0 amide bonds. The van der Waals surface area contributed by atoms with Gasteiger partial charge >= 0.3 is 0 Å². The highest BCUT2D eigenvalue weighted by atomic mass is 19.1. The van der Waals surface area contributed by atoms with E-state index in [1.807, 2.05) is 0 Å². The molecule has 0 unspecified atom stereocenters. The van der Waals surface area contributed by atoms with Crippen LogP contribution in [0.4, 0.5) is 13.2 Å². The van der Waals surface area contributed by atoms with Gasteiger partial charge in [0.05, 0.1) is 5.56 Å². The standard InChI is InChI=1S/C14H9F3O/c1-8-6-9(2-4-12(8)16)14(18)11-7-10(15)3-5-13(11)17/h2-7H,1H3. The van der Waals surface area contributed by atoms with Crippen LogP contribution in [0.5, 0.6) is 0 Å². The summed E-state index contributed by atoms with van der Waals surface area (Å²) in [5.74, 6) is -2.62. The molecule has 0 bridgehead atoms. The van der Waals surface area contributed by atoms with Gasteiger partial charge in [0.1, 0.15) is 17.5 Å². The molecule has 0 aromatic heterocycles. The van der Waals surface area contributed by atoms with E-state index in [9.17, 15) is 18.0 Å². The maximum Gasteiger partial charge on any atom is 0.196 e. The van der Waals surface area contributed by atoms with Gasteiger partial charge in [0, 0.05) is 5.56 Å². The van der Waals surface area contributed by atoms with Crippen LogP contribution >= 0.6 is 0 Å². The molecule has 18 heavy (non-hydrogen) atoms. The second-order valence-electron chi connectivity index (χ2n) is 3.92. The lowest BCUT2D eigenvalue weighted by Gasteiger charge is -2.04. The van der Waals surface area contributed by atoms with Crippen molar-refractivity contribution in [2.24, 2.45) is 0 Å². The van der Waals surface area contributed by atoms with Crippen molar-refractivity contribution in [1.82, 2.24) is 0 Å². The molecular weight excluding hydrogens is 241 g/mol. The summed E-state index contributed by atoms with van der Waals surface area (Å²) in [5, 5.41) is 0. The van der Waals surface area contributed by atoms with Crippen LogP contribution in [0.25, 0.3) is 0 Å². The second kappa shape index (κ2) is 4.64. The van der Waals surface area contributed by atoms with E-state index in [1.165, 1.54) is 19.1 Å². The van der Waals surface area contributed by atoms with Gasteiger partial charge in [-0.2, -0.15) is 0 Å². The van der Waals surface area contributed by atoms with Gasteiger partial charge in [0.25, 0.3) is 0 Å². The number of halogens is 3. The van der Waals surface area contributed by atoms with E-state index in [-0.39, 0.29) is 16.7 Å². The highest BCUT2D eigenvalue weighted by Crippen LogP contribution is 2.17. The van der Waals surface area contributed by atoms with E-state index in [4.69, 9.17) is 0 Å². The molecule has 0 saturated heterocycles. The van der Waals surface area contributed by atoms with E-state index in [1.54, 1.807) is 0 Å². The summed E-state index contributed by atoms with van der Waals surface area (Å²) in [6, 6.07) is 6.33. The minimum atomic E-state index is -0.802. The zero-order valence-corrected chi connectivity index (χ0v) is 9.51. The number of hydrogen-bond donors (Lipinski definition) is 0. The molecule has 4 heteroatoms. The zero-order chi connectivity index (χ0) is 13.3. The van der Waals surface area contributed by atoms with Crippen LogP contribution in [0.3, 0.4) is 0 Å². The Kier molecular flexibility index (Phi) is 3.19. The fraction of sp³-hybridized carbons (Fsp3) is 0.0714. The molecule has 0 N–H and O–H groups in total. The molecule has 1 nitrogen and oxygen atoms in total. The SMILES string of the molecule is Cc1cc(C(=O)c2cc(F)ccc2F)ccc1F. The van der Waals surface area contributed by atoms with Crippen LogP contribution in [0.2, 0.25) is 0 Å². The van der Waals surface area contributed by atoms with Crippen molar-refractivity contribution >= 4 is 5.78 Å². The Morgan fingerprint density at radius 1 is 0.944 bits per heavy atom. The zero-order valence-electron chi connectivity index (χ0n) is 9.51. The monoisotopic (exact) mass is 250 g/mol. The summed E-state index contributed by atoms with van der Waals surface area (Å²) in [5.41, 5.74) is 0.0390. The number of benzene rings is 2. The van der Waals surface area contributed by atoms with Crippen LogP contribution in [0.15, 0.2) is 36.4 Å². The normalized spacial score (nSPS) is 10.4. The summed E-state index contributed by atoms with van der Waals surface area (Å²) in [7, 11) is 0. The lowest BCUT2D eigenvalue weighted by atomic mass is 10.0. The smallest absolute Gasteiger partial charge is 0.196 e. The number of ketones is 1. The number of carbonyl (C=O) groups excluding carboxylic acids is 1. The van der Waals surface area contributed by atoms with Crippen molar-refractivity contribution in [3.8, 4) is 0 Å². The minimum absolute atomic E-state index is 0.124. The Labute approximate surface area is 102 Å². The molecule has 0 aliphatic rings. The topological polar surface area (TPSA) is 17.1 Å². The molecule has 0 heterocycles. The van der Waals surface area contributed by atoms with Gasteiger partial charge in [0.15, 0.2) is 5.78 Å². The van der Waals surface area contributed by atoms with E-state index < -0.39 is 23.2 Å². The molecule has 2 rings (SSSR count). The Hall–Kier alpha value is -2.10. The predicted octanol–water partition coefficient (Wildman–Crippen LogP) is 3.64. The quantitative estimate of drug-likeness (QED) is 0.743. The molecule has 0 aliphatic carbocycles. The Balaban J connectivity index is 2.47. The van der Waals surface area contributed by atoms with Crippen LogP contribution in [-0.2, 0) is 0 Å². The molecule has 0 saturated carbocycles. The molecular formula is C14H9F3O. The molecule has 0 atom stereocenters. The summed E-state index contributed by atoms with van der Waals surface area (Å²) in [4.78, 5) is 12.0. The van der Waals surface area contributed by atoms with Crippen molar-refractivity contribution in [3.63, 3.8) is 0 Å². The number of rotatable bonds is 2. The van der Waals surface area contributed by atoms with Crippen molar-refractivity contribution in [3.05, 3.63) is 70.5 Å². The third kappa shape index (κ3) is 2.27. The Bertz CT molecular complexity index is 620. The molecule has 0 spiro atoms. The summed E-state index contributed by atoms with van der Waals surface area (Å²) >= 11 is 0. The summed E-state index contributed by atoms with van der Waals surface area (Å²) in [6.45, 7) is 1.49. The van der Waals surface area contributed by atoms with Crippen molar-refractivity contribution in [1.29, 1.82) is 0 Å². The summed E-state index contributed by atoms with van der Waals surface area (Å²) < 4.78 is 39.5. The first kappa shape index (κ1) is 12.4. The first-order chi connectivity index (χ1) is 8.49. The van der Waals surface area contributed by atoms with Crippen molar-refractivity contribution in [2.45, 2.75) is 6.92 Å². The van der Waals surface area contributed by atoms with E-state index in [2.05, 4.69) is 0 Å². The van der Waals surface area contributed by atoms with Crippen LogP contribution < -0.4 is 0 Å². The largest absolute Gasteiger partial charge is 0.288 e. The first-order valence-corrected chi connectivity index (χ1v) is 5.25. The van der Waals surface area contributed by atoms with Gasteiger partial charge in [-0.15, -0.1) is 0 Å². The summed E-state index contributed by atoms with van der Waals surface area (Å²) in [6.07, 6.45) is 0. The fourth-order valence-corrected chi connectivity index (χ4v) is 1.61. The maximum atomic E-state index is 13.4. The van der Waals surface area contributed by atoms with E-state index in [0.29, 0.717) is 0 Å². The van der Waals surface area contributed by atoms with Crippen LogP contribution in [-0.4, -0.2) is 5.78 Å². The van der Waals surface area contributed by atoms with Gasteiger partial charge in [-0.3, -0.25) is 4.79 Å². The van der Waals surface area contributed by atoms with E-state index in [0.717, 1.165) is 24.3 Å². The first-order valence-electron chi connectivity index (χ1n) is 5.25. The Morgan fingerprint density at radius 2 is 1.61 bits per heavy atom. The number of carbonyl (C=O) groups is 1. The van der Waals surface area contributed by atoms with Crippen molar-refractivity contribution < 1.29 is 18.0 Å². The second-order valence-corrected chi connectivity index (χ2v) is 3.92. The fourth-order valence-electron chi connectivity index (χ4n) is 1.61. The number of aryl methyl sites for hydroxylation is 1. The average molecular weight is 250 g/mol. The maximum absolute atomic E-state index is 13.4. The van der Waals surface area contributed by atoms with Crippen molar-refractivity contribution in [2.75, 3.05) is 0 Å². The predicted molar refractivity (Wildman–Crippen MR) is 60.9 cm³/mol. The third-order valence-corrected chi connectivity index (χ3v) is 2.59. The molecule has 2 aromatic rings. The molecule has 0 aliphatic heterocycles. The van der Waals surface area contributed by atoms with Gasteiger partial charge in [0.2, 0.25) is 0 Å². The average Bonchev–Trinajstić information content (AvgIpc) is 2.35. The Morgan fingerprint density at radius 3 is 2.28 bits per heavy atom. The highest BCUT2D eigenvalue weighted by Gasteiger charge is 2.15. The molecule has 0 fully saturated rings. The molecule has 0 radical (unpaired) electrons. The lowest BCUT2D eigenvalue weighted by molar-refractivity contribution is 0.103. The lowest BCUT2D eigenvalue weighted by Crippen LogP contribution is -2.05. The minimum Gasteiger partial charge on any atom is -0.288 e. The van der Waals surface area contributed by atoms with Gasteiger partial charge in [-0.1, -0.05) is 0 Å². The molecule has 92 valence electrons. The third-order valence-electron chi connectivity index (χ3n) is 2.59. The van der Waals surface area contributed by atoms with Crippen LogP contribution in [0, 0.1) is 24.4 Å². The highest BCUT2D eigenvalue weighted by molar-refractivity contribution is 6.09. The van der Waals surface area contributed by atoms with Gasteiger partial charge in [-0.05, 0) is 48.9 Å².